The van der Waals surface area contributed by atoms with Crippen molar-refractivity contribution >= 4 is 94.9 Å². The fourth-order valence-electron chi connectivity index (χ4n) is 9.99. The molecule has 9 aromatic rings. The lowest BCUT2D eigenvalue weighted by atomic mass is 10.2. The number of aliphatic hydroxyl groups excluding tert-OH is 1. The molecule has 1 saturated heterocycles. The van der Waals surface area contributed by atoms with E-state index in [1.807, 2.05) is 91.0 Å². The van der Waals surface area contributed by atoms with Gasteiger partial charge in [-0.25, -0.2) is 58.8 Å². The van der Waals surface area contributed by atoms with Gasteiger partial charge in [0.05, 0.1) is 28.0 Å². The van der Waals surface area contributed by atoms with E-state index in [0.29, 0.717) is 68.6 Å². The van der Waals surface area contributed by atoms with Crippen LogP contribution in [0.2, 0.25) is 0 Å². The number of ether oxygens (including phenoxy) is 5. The summed E-state index contributed by atoms with van der Waals surface area (Å²) >= 11 is 0. The van der Waals surface area contributed by atoms with Crippen LogP contribution in [-0.4, -0.2) is 169 Å². The molecule has 0 atom stereocenters. The Morgan fingerprint density at radius 2 is 0.876 bits per heavy atom. The highest BCUT2D eigenvalue weighted by Crippen LogP contribution is 2.26. The quantitative estimate of drug-likeness (QED) is 0.0107. The summed E-state index contributed by atoms with van der Waals surface area (Å²) in [5, 5.41) is 19.5. The predicted octanol–water partition coefficient (Wildman–Crippen LogP) is 3.57. The number of rotatable bonds is 31. The molecule has 1 radical (unpaired) electrons. The van der Waals surface area contributed by atoms with Crippen LogP contribution in [0.5, 0.6) is 0 Å². The van der Waals surface area contributed by atoms with Crippen LogP contribution in [0.25, 0.3) is 33.5 Å². The van der Waals surface area contributed by atoms with Crippen molar-refractivity contribution < 1.29 is 62.7 Å². The molecule has 7 N–H and O–H groups in total. The number of imidazole rings is 3. The Bertz CT molecular complexity index is 4130. The van der Waals surface area contributed by atoms with Crippen LogP contribution in [0.1, 0.15) is 113 Å². The first-order chi connectivity index (χ1) is 48.0. The Morgan fingerprint density at radius 1 is 0.536 bits per heavy atom. The molecule has 6 aromatic heterocycles. The topological polar surface area (TPSA) is 407 Å². The van der Waals surface area contributed by atoms with Crippen molar-refractivity contribution in [3.8, 4) is 0 Å². The van der Waals surface area contributed by atoms with E-state index in [-0.39, 0.29) is 66.0 Å². The maximum absolute atomic E-state index is 13.0. The van der Waals surface area contributed by atoms with E-state index in [0.717, 1.165) is 79.4 Å². The number of benzene rings is 3. The number of aromatic nitrogens is 12. The second-order valence-corrected chi connectivity index (χ2v) is 21.9. The van der Waals surface area contributed by atoms with Crippen molar-refractivity contribution in [2.45, 2.75) is 117 Å². The zero-order chi connectivity index (χ0) is 71.1. The number of unbranched alkanes of at least 4 members (excludes halogenated alkanes) is 6. The highest BCUT2D eigenvalue weighted by atomic mass is 16.7. The lowest BCUT2D eigenvalue weighted by molar-refractivity contribution is -0.172. The van der Waals surface area contributed by atoms with Gasteiger partial charge in [0.1, 0.15) is 80.5 Å². The van der Waals surface area contributed by atoms with Crippen LogP contribution in [0.4, 0.5) is 17.5 Å². The number of morpholine rings is 1. The fraction of sp³-hybridized carbons (Fsp3) is 0.400. The number of H-pyrrole nitrogens is 3. The Hall–Kier alpha value is -10.4. The van der Waals surface area contributed by atoms with E-state index in [1.165, 1.54) is 13.7 Å². The highest BCUT2D eigenvalue weighted by molar-refractivity contribution is 6.19. The van der Waals surface area contributed by atoms with Gasteiger partial charge in [0, 0.05) is 19.3 Å². The lowest BCUT2D eigenvalue weighted by Gasteiger charge is -2.24. The maximum Gasteiger partial charge on any atom is 0.334 e. The van der Waals surface area contributed by atoms with Gasteiger partial charge < -0.3 is 59.5 Å². The van der Waals surface area contributed by atoms with E-state index < -0.39 is 87.0 Å². The third-order valence-corrected chi connectivity index (χ3v) is 14.6. The number of carbonyl (C=O) groups excluding carboxylic acids is 6. The molecule has 513 valence electrons. The van der Waals surface area contributed by atoms with Gasteiger partial charge in [0.2, 0.25) is 6.79 Å². The SMILES string of the molecule is CCCCCc1nc(N2C(=O)COCC2=O)c2[nH]c(=O)n(Cc3ccccc3)c2n1.CCCCCc1nc(NC(=O)COCC(=O)OCOC(=O)COCC(=O)Nc2nc(CCCCC)nc3c2[nH]c(=O)n3Cc2ccccc2)c2[nH]c(=O)n(Cc3ccccc3)c2n1.OCO.[2H][B][3H]. The number of carbonyl (C=O) groups is 6. The second kappa shape index (κ2) is 37.6. The molecule has 1 fully saturated rings. The number of fused-ring (bicyclic) bond motifs is 3. The predicted molar refractivity (Wildman–Crippen MR) is 358 cm³/mol. The number of aromatic amines is 3. The first-order valence-corrected chi connectivity index (χ1v) is 31.4. The maximum atomic E-state index is 13.0. The molecule has 4 amide bonds. The minimum atomic E-state index is -0.929. The van der Waals surface area contributed by atoms with Gasteiger partial charge in [-0.2, -0.15) is 0 Å². The van der Waals surface area contributed by atoms with E-state index in [1.54, 1.807) is 0 Å². The smallest absolute Gasteiger partial charge is 0.334 e. The summed E-state index contributed by atoms with van der Waals surface area (Å²) in [4.78, 5) is 150. The average Bonchev–Trinajstić information content (AvgIpc) is 1.69. The molecule has 0 saturated carbocycles. The standard InChI is InChI=1S/C43H50N10O10.C21H23N5O4.CH4O2.BH2/c1-3-5-9-19-30-44-38(36-40(46-30)52(42(58)50-36)21-28-15-11-7-12-16-28)48-32(54)23-60-25-34(56)62-27-63-35(57)26-61-24-33(55)49-39-37-41(47-31(45-39)20-10-6-4-2)53(43(59)51-37)22-29-17-13-8-14-18-29;1-2-3-5-10-15-22-19-18(20(23-15)26-16(27)12-30-13-17(26)28)24-21(29)25(19)11-14-8-6-4-7-9-14;2-1-3;/h7-8,11-18H,3-6,9-10,19-27H2,1-2H3,(H,50,58)(H,51,59)(H,44,46,48,54)(H,45,47,49,55);4,6-9H,2-3,5,10-13H2,1H3,(H,24,29);2-3H,1H2;1H2/i;;;1TD. The first-order valence-electron chi connectivity index (χ1n) is 32.6. The molecule has 7 heterocycles. The molecule has 0 aliphatic carbocycles. The normalized spacial score (nSPS) is 12.2. The number of amides is 4. The molecule has 0 spiro atoms. The number of nitrogens with one attached hydrogen (secondary N) is 5. The molecule has 31 nitrogen and oxygen atoms in total. The monoisotopic (exact) mass is 1340 g/mol. The van der Waals surface area contributed by atoms with Crippen LogP contribution in [0.15, 0.2) is 105 Å². The average molecular weight is 1340 g/mol. The van der Waals surface area contributed by atoms with Crippen molar-refractivity contribution in [3.05, 3.63) is 157 Å². The number of esters is 2. The molecule has 10 rings (SSSR count). The largest absolute Gasteiger partial charge is 0.426 e. The third-order valence-electron chi connectivity index (χ3n) is 14.6. The number of aliphatic hydroxyl groups is 2. The van der Waals surface area contributed by atoms with Crippen LogP contribution in [0.3, 0.4) is 0 Å². The minimum Gasteiger partial charge on any atom is -0.426 e. The Labute approximate surface area is 559 Å². The molecule has 1 aliphatic rings. The summed E-state index contributed by atoms with van der Waals surface area (Å²) in [6.45, 7) is 2.71. The lowest BCUT2D eigenvalue weighted by Crippen LogP contribution is -2.47. The number of hydrogen-bond donors (Lipinski definition) is 7. The molecular formula is C65H79BN15O16. The summed E-state index contributed by atoms with van der Waals surface area (Å²) in [5.41, 5.74) is 3.34. The Balaban J connectivity index is 0.000000316. The number of hydrogen-bond acceptors (Lipinski definition) is 22. The molecule has 0 unspecified atom stereocenters. The van der Waals surface area contributed by atoms with E-state index in [9.17, 15) is 43.2 Å². The van der Waals surface area contributed by atoms with E-state index in [2.05, 4.69) is 76.3 Å². The van der Waals surface area contributed by atoms with Gasteiger partial charge in [-0.3, -0.25) is 32.9 Å². The summed E-state index contributed by atoms with van der Waals surface area (Å²) in [5.74, 6) is -2.46. The zero-order valence-corrected chi connectivity index (χ0v) is 54.1. The number of anilines is 3. The number of imide groups is 1. The van der Waals surface area contributed by atoms with Gasteiger partial charge in [-0.15, -0.1) is 0 Å². The fourth-order valence-corrected chi connectivity index (χ4v) is 9.99. The van der Waals surface area contributed by atoms with Crippen LogP contribution < -0.4 is 32.6 Å². The summed E-state index contributed by atoms with van der Waals surface area (Å²) in [7, 11) is 0.500. The van der Waals surface area contributed by atoms with Crippen molar-refractivity contribution in [1.29, 1.82) is 2.67 Å². The zero-order valence-electron chi connectivity index (χ0n) is 56.1. The van der Waals surface area contributed by atoms with Crippen LogP contribution in [-0.2, 0) is 91.3 Å². The van der Waals surface area contributed by atoms with Crippen LogP contribution in [0, 0.1) is 0 Å². The summed E-state index contributed by atoms with van der Waals surface area (Å²) < 4.78 is 41.1. The van der Waals surface area contributed by atoms with E-state index >= 15 is 0 Å². The van der Waals surface area contributed by atoms with Gasteiger partial charge >= 0.3 is 29.0 Å². The van der Waals surface area contributed by atoms with Crippen LogP contribution >= 0.6 is 0 Å². The van der Waals surface area contributed by atoms with Crippen molar-refractivity contribution in [2.75, 3.05) is 68.8 Å². The Morgan fingerprint density at radius 3 is 1.24 bits per heavy atom. The molecule has 1 aliphatic heterocycles. The minimum absolute atomic E-state index is 0.0991. The van der Waals surface area contributed by atoms with Crippen molar-refractivity contribution in [3.63, 3.8) is 0 Å². The number of nitrogens with zero attached hydrogens (tertiary/aromatic N) is 10. The third kappa shape index (κ3) is 21.0. The van der Waals surface area contributed by atoms with Gasteiger partial charge in [0.15, 0.2) is 34.4 Å². The summed E-state index contributed by atoms with van der Waals surface area (Å²) in [6, 6.07) is 28.4. The molecule has 97 heavy (non-hydrogen) atoms. The molecule has 3 aromatic carbocycles. The van der Waals surface area contributed by atoms with Crippen molar-refractivity contribution in [1.82, 2.24) is 58.6 Å². The molecular weight excluding hydrogens is 1260 g/mol. The van der Waals surface area contributed by atoms with Gasteiger partial charge in [0.25, 0.3) is 23.6 Å². The molecule has 0 bridgehead atoms. The van der Waals surface area contributed by atoms with E-state index in [4.69, 9.17) is 36.6 Å². The highest BCUT2D eigenvalue weighted by Gasteiger charge is 2.33. The van der Waals surface area contributed by atoms with Gasteiger partial charge in [-0.1, -0.05) is 150 Å². The van der Waals surface area contributed by atoms with Crippen molar-refractivity contribution in [2.24, 2.45) is 0 Å². The summed E-state index contributed by atoms with van der Waals surface area (Å²) in [6.07, 6.45) is 10.1. The second-order valence-electron chi connectivity index (χ2n) is 21.9. The first kappa shape index (κ1) is 70.9. The Kier molecular flexibility index (Phi) is 27.5. The molecule has 32 heteroatoms. The van der Waals surface area contributed by atoms with Gasteiger partial charge in [-0.05, 0) is 38.6 Å². The number of aryl methyl sites for hydroxylation is 3.